The van der Waals surface area contributed by atoms with Gasteiger partial charge in [-0.25, -0.2) is 4.79 Å². The van der Waals surface area contributed by atoms with E-state index in [-0.39, 0.29) is 40.8 Å². The lowest BCUT2D eigenvalue weighted by atomic mass is 9.44. The lowest BCUT2D eigenvalue weighted by Gasteiger charge is -2.60. The summed E-state index contributed by atoms with van der Waals surface area (Å²) in [7, 11) is 0. The molecule has 5 heteroatoms. The molecule has 0 aromatic heterocycles. The van der Waals surface area contributed by atoms with Gasteiger partial charge in [0.2, 0.25) is 0 Å². The maximum absolute atomic E-state index is 14.3. The zero-order valence-corrected chi connectivity index (χ0v) is 24.2. The van der Waals surface area contributed by atoms with Gasteiger partial charge >= 0.3 is 5.97 Å². The summed E-state index contributed by atoms with van der Waals surface area (Å²) in [5.41, 5.74) is 0.473. The van der Waals surface area contributed by atoms with Crippen LogP contribution < -0.4 is 0 Å². The molecule has 12 atom stereocenters. The van der Waals surface area contributed by atoms with Crippen LogP contribution in [0.25, 0.3) is 0 Å². The summed E-state index contributed by atoms with van der Waals surface area (Å²) in [5, 5.41) is 0. The molecule has 1 aromatic carbocycles. The Morgan fingerprint density at radius 2 is 1.77 bits per heavy atom. The van der Waals surface area contributed by atoms with Crippen LogP contribution in [0.1, 0.15) is 95.8 Å². The van der Waals surface area contributed by atoms with E-state index < -0.39 is 5.79 Å². The number of ether oxygens (including phenoxy) is 3. The Balaban J connectivity index is 1.08. The molecule has 39 heavy (non-hydrogen) atoms. The van der Waals surface area contributed by atoms with Gasteiger partial charge in [-0.1, -0.05) is 45.9 Å². The van der Waals surface area contributed by atoms with E-state index >= 15 is 0 Å². The van der Waals surface area contributed by atoms with Crippen molar-refractivity contribution in [3.05, 3.63) is 35.9 Å². The first kappa shape index (κ1) is 26.2. The summed E-state index contributed by atoms with van der Waals surface area (Å²) in [5.74, 6) is 2.84. The minimum atomic E-state index is -0.480. The zero-order valence-electron chi connectivity index (χ0n) is 24.2. The van der Waals surface area contributed by atoms with E-state index in [0.717, 1.165) is 45.1 Å². The summed E-state index contributed by atoms with van der Waals surface area (Å²) in [4.78, 5) is 27.0. The number of hydrogen-bond acceptors (Lipinski definition) is 5. The highest BCUT2D eigenvalue weighted by Gasteiger charge is 2.71. The number of Topliss-reactive ketones (excluding diaryl/α,β-unsaturated/α-hetero) is 1. The van der Waals surface area contributed by atoms with Crippen LogP contribution in [-0.4, -0.2) is 36.4 Å². The number of benzene rings is 1. The quantitative estimate of drug-likeness (QED) is 0.389. The van der Waals surface area contributed by atoms with Crippen molar-refractivity contribution in [2.45, 2.75) is 103 Å². The first-order valence-corrected chi connectivity index (χ1v) is 15.8. The van der Waals surface area contributed by atoms with Gasteiger partial charge in [-0.2, -0.15) is 0 Å². The van der Waals surface area contributed by atoms with Crippen LogP contribution >= 0.6 is 0 Å². The maximum Gasteiger partial charge on any atom is 0.338 e. The van der Waals surface area contributed by atoms with Gasteiger partial charge in [0.25, 0.3) is 0 Å². The van der Waals surface area contributed by atoms with Crippen LogP contribution in [0, 0.1) is 52.3 Å². The zero-order chi connectivity index (χ0) is 27.2. The molecule has 2 heterocycles. The molecular weight excluding hydrogens is 488 g/mol. The molecule has 7 unspecified atom stereocenters. The first-order chi connectivity index (χ1) is 18.7. The number of carbonyl (C=O) groups is 2. The number of hydrogen-bond donors (Lipinski definition) is 0. The van der Waals surface area contributed by atoms with Crippen molar-refractivity contribution in [3.8, 4) is 0 Å². The molecule has 1 spiro atoms. The van der Waals surface area contributed by atoms with Crippen molar-refractivity contribution < 1.29 is 23.8 Å². The van der Waals surface area contributed by atoms with Gasteiger partial charge in [0.05, 0.1) is 18.3 Å². The summed E-state index contributed by atoms with van der Waals surface area (Å²) in [6.07, 6.45) is 9.17. The van der Waals surface area contributed by atoms with Gasteiger partial charge in [-0.3, -0.25) is 4.79 Å². The fraction of sp³-hybridized carbons (Fsp3) is 0.765. The third-order valence-electron chi connectivity index (χ3n) is 13.0. The molecule has 6 fully saturated rings. The molecule has 2 aliphatic heterocycles. The van der Waals surface area contributed by atoms with Crippen molar-refractivity contribution in [1.82, 2.24) is 0 Å². The fourth-order valence-electron chi connectivity index (χ4n) is 10.8. The van der Waals surface area contributed by atoms with Crippen LogP contribution in [0.3, 0.4) is 0 Å². The Morgan fingerprint density at radius 1 is 0.974 bits per heavy atom. The third kappa shape index (κ3) is 3.77. The lowest BCUT2D eigenvalue weighted by Crippen LogP contribution is -2.58. The number of fused-ring (bicyclic) bond motifs is 7. The predicted molar refractivity (Wildman–Crippen MR) is 148 cm³/mol. The maximum atomic E-state index is 14.3. The molecule has 7 rings (SSSR count). The largest absolute Gasteiger partial charge is 0.459 e. The van der Waals surface area contributed by atoms with Crippen molar-refractivity contribution in [3.63, 3.8) is 0 Å². The standard InChI is InChI=1S/C34H46O5/c1-20-12-15-34(37-19-20)21(2)30-28(39-34)17-27-25-11-10-23-16-24(38-31(36)22-8-6-5-7-9-22)13-14-32(23,3)26(25)18-29(35)33(27,30)4/h5-9,20-21,23-28,30H,10-19H2,1-4H3/t20?,21-,23-,24?,25?,26?,27?,28?,30?,32-,33+,34+/m0/s1. The predicted octanol–water partition coefficient (Wildman–Crippen LogP) is 6.84. The van der Waals surface area contributed by atoms with Crippen molar-refractivity contribution in [2.75, 3.05) is 6.61 Å². The van der Waals surface area contributed by atoms with E-state index in [4.69, 9.17) is 14.2 Å². The normalized spacial score (nSPS) is 50.6. The van der Waals surface area contributed by atoms with E-state index in [1.54, 1.807) is 0 Å². The summed E-state index contributed by atoms with van der Waals surface area (Å²) in [6.45, 7) is 10.1. The van der Waals surface area contributed by atoms with Gasteiger partial charge in [0, 0.05) is 30.1 Å². The molecule has 0 bridgehead atoms. The molecular formula is C34H46O5. The van der Waals surface area contributed by atoms with E-state index in [0.29, 0.717) is 47.4 Å². The molecule has 2 saturated heterocycles. The second-order valence-corrected chi connectivity index (χ2v) is 14.7. The number of rotatable bonds is 2. The average Bonchev–Trinajstić information content (AvgIpc) is 3.38. The van der Waals surface area contributed by atoms with Crippen LogP contribution in [0.5, 0.6) is 0 Å². The van der Waals surface area contributed by atoms with Gasteiger partial charge in [-0.15, -0.1) is 0 Å². The highest BCUT2D eigenvalue weighted by atomic mass is 16.7. The Hall–Kier alpha value is -1.72. The summed E-state index contributed by atoms with van der Waals surface area (Å²) >= 11 is 0. The molecule has 4 saturated carbocycles. The topological polar surface area (TPSA) is 61.8 Å². The smallest absolute Gasteiger partial charge is 0.338 e. The minimum absolute atomic E-state index is 0.0219. The molecule has 0 amide bonds. The average molecular weight is 535 g/mol. The van der Waals surface area contributed by atoms with Crippen LogP contribution in [0.4, 0.5) is 0 Å². The van der Waals surface area contributed by atoms with Crippen LogP contribution in [0.2, 0.25) is 0 Å². The molecule has 6 aliphatic rings. The SMILES string of the molecule is CC1CC[C@@]2(OC1)OC1CC3C4CC[C@H]5CC(OC(=O)c6ccccc6)CC[C@]5(C)C4CC(=O)[C@]3(C)C1[C@@H]2C. The Labute approximate surface area is 233 Å². The fourth-order valence-corrected chi connectivity index (χ4v) is 10.8. The third-order valence-corrected chi connectivity index (χ3v) is 13.0. The number of carbonyl (C=O) groups excluding carboxylic acids is 2. The van der Waals surface area contributed by atoms with Gasteiger partial charge in [0.1, 0.15) is 11.9 Å². The Bertz CT molecular complexity index is 1120. The van der Waals surface area contributed by atoms with Gasteiger partial charge in [-0.05, 0) is 92.1 Å². The monoisotopic (exact) mass is 534 g/mol. The molecule has 0 N–H and O–H groups in total. The van der Waals surface area contributed by atoms with Gasteiger partial charge in [0.15, 0.2) is 5.79 Å². The Kier molecular flexibility index (Phi) is 6.14. The summed E-state index contributed by atoms with van der Waals surface area (Å²) < 4.78 is 19.3. The van der Waals surface area contributed by atoms with Crippen molar-refractivity contribution >= 4 is 11.8 Å². The van der Waals surface area contributed by atoms with Crippen molar-refractivity contribution in [2.24, 2.45) is 52.3 Å². The van der Waals surface area contributed by atoms with E-state index in [1.165, 1.54) is 12.8 Å². The highest BCUT2D eigenvalue weighted by molar-refractivity contribution is 5.89. The second-order valence-electron chi connectivity index (χ2n) is 14.7. The van der Waals surface area contributed by atoms with E-state index in [9.17, 15) is 9.59 Å². The molecule has 4 aliphatic carbocycles. The highest BCUT2D eigenvalue weighted by Crippen LogP contribution is 2.70. The molecule has 1 aromatic rings. The van der Waals surface area contributed by atoms with Gasteiger partial charge < -0.3 is 14.2 Å². The number of ketones is 1. The van der Waals surface area contributed by atoms with E-state index in [1.807, 2.05) is 30.3 Å². The van der Waals surface area contributed by atoms with E-state index in [2.05, 4.69) is 27.7 Å². The summed E-state index contributed by atoms with van der Waals surface area (Å²) in [6, 6.07) is 9.35. The number of esters is 1. The second kappa shape index (κ2) is 9.14. The lowest BCUT2D eigenvalue weighted by molar-refractivity contribution is -0.272. The van der Waals surface area contributed by atoms with Crippen molar-refractivity contribution in [1.29, 1.82) is 0 Å². The van der Waals surface area contributed by atoms with Crippen LogP contribution in [0.15, 0.2) is 30.3 Å². The molecule has 0 radical (unpaired) electrons. The first-order valence-electron chi connectivity index (χ1n) is 15.8. The minimum Gasteiger partial charge on any atom is -0.459 e. The molecule has 212 valence electrons. The van der Waals surface area contributed by atoms with Crippen LogP contribution in [-0.2, 0) is 19.0 Å². The Morgan fingerprint density at radius 3 is 2.51 bits per heavy atom. The molecule has 5 nitrogen and oxygen atoms in total.